The predicted octanol–water partition coefficient (Wildman–Crippen LogP) is 4.96. The van der Waals surface area contributed by atoms with Crippen LogP contribution < -0.4 is 10.2 Å². The molecule has 0 fully saturated rings. The van der Waals surface area contributed by atoms with Gasteiger partial charge >= 0.3 is 0 Å². The van der Waals surface area contributed by atoms with E-state index in [1.165, 1.54) is 12.3 Å². The maximum Gasteiger partial charge on any atom is 0.276 e. The highest BCUT2D eigenvalue weighted by Crippen LogP contribution is 2.22. The van der Waals surface area contributed by atoms with Gasteiger partial charge in [0.1, 0.15) is 5.69 Å². The molecule has 3 rings (SSSR count). The second-order valence-electron chi connectivity index (χ2n) is 6.25. The van der Waals surface area contributed by atoms with Gasteiger partial charge in [0, 0.05) is 24.0 Å². The third-order valence-corrected chi connectivity index (χ3v) is 4.57. The molecule has 0 bridgehead atoms. The van der Waals surface area contributed by atoms with Gasteiger partial charge in [0.25, 0.3) is 11.8 Å². The average molecular weight is 394 g/mol. The Labute approximate surface area is 169 Å². The van der Waals surface area contributed by atoms with Gasteiger partial charge in [-0.05, 0) is 55.8 Å². The number of hydrogen-bond donors (Lipinski definition) is 1. The molecule has 0 spiro atoms. The van der Waals surface area contributed by atoms with Crippen molar-refractivity contribution in [2.45, 2.75) is 13.8 Å². The summed E-state index contributed by atoms with van der Waals surface area (Å²) in [6.07, 6.45) is 1.46. The first-order chi connectivity index (χ1) is 13.5. The average Bonchev–Trinajstić information content (AvgIpc) is 2.70. The number of anilines is 2. The quantitative estimate of drug-likeness (QED) is 0.666. The SMILES string of the molecule is CCN(C(=O)c1cc(C(=O)Nc2ccccc2Cl)ccn1)c1cccc(C)c1. The molecule has 1 N–H and O–H groups in total. The van der Waals surface area contributed by atoms with E-state index in [-0.39, 0.29) is 17.5 Å². The summed E-state index contributed by atoms with van der Waals surface area (Å²) in [5.74, 6) is -0.622. The summed E-state index contributed by atoms with van der Waals surface area (Å²) < 4.78 is 0. The molecule has 0 aliphatic carbocycles. The Morgan fingerprint density at radius 1 is 1.07 bits per heavy atom. The van der Waals surface area contributed by atoms with Crippen LogP contribution in [0.1, 0.15) is 33.3 Å². The zero-order chi connectivity index (χ0) is 20.1. The first-order valence-corrected chi connectivity index (χ1v) is 9.28. The van der Waals surface area contributed by atoms with Crippen molar-refractivity contribution >= 4 is 34.8 Å². The number of amides is 2. The van der Waals surface area contributed by atoms with Gasteiger partial charge in [-0.15, -0.1) is 0 Å². The highest BCUT2D eigenvalue weighted by Gasteiger charge is 2.19. The Bertz CT molecular complexity index is 1020. The van der Waals surface area contributed by atoms with Gasteiger partial charge in [-0.25, -0.2) is 0 Å². The minimum atomic E-state index is -0.358. The Morgan fingerprint density at radius 3 is 2.57 bits per heavy atom. The lowest BCUT2D eigenvalue weighted by molar-refractivity contribution is 0.0983. The van der Waals surface area contributed by atoms with E-state index in [9.17, 15) is 9.59 Å². The van der Waals surface area contributed by atoms with E-state index in [1.807, 2.05) is 38.1 Å². The maximum atomic E-state index is 13.0. The van der Waals surface area contributed by atoms with Gasteiger partial charge in [-0.1, -0.05) is 35.9 Å². The fourth-order valence-electron chi connectivity index (χ4n) is 2.82. The van der Waals surface area contributed by atoms with Crippen LogP contribution in [0, 0.1) is 6.92 Å². The van der Waals surface area contributed by atoms with Crippen molar-refractivity contribution in [2.75, 3.05) is 16.8 Å². The lowest BCUT2D eigenvalue weighted by Crippen LogP contribution is -2.31. The van der Waals surface area contributed by atoms with E-state index < -0.39 is 0 Å². The molecule has 0 saturated heterocycles. The van der Waals surface area contributed by atoms with Crippen LogP contribution in [-0.4, -0.2) is 23.3 Å². The lowest BCUT2D eigenvalue weighted by atomic mass is 10.1. The van der Waals surface area contributed by atoms with Gasteiger partial charge in [0.2, 0.25) is 0 Å². The number of carbonyl (C=O) groups is 2. The van der Waals surface area contributed by atoms with Crippen LogP contribution in [0.2, 0.25) is 5.02 Å². The standard InChI is InChI=1S/C22H20ClN3O2/c1-3-26(17-8-6-7-15(2)13-17)22(28)20-14-16(11-12-24-20)21(27)25-19-10-5-4-9-18(19)23/h4-14H,3H2,1-2H3,(H,25,27). The molecule has 0 radical (unpaired) electrons. The number of halogens is 1. The minimum Gasteiger partial charge on any atom is -0.321 e. The van der Waals surface area contributed by atoms with Crippen molar-refractivity contribution in [3.8, 4) is 0 Å². The summed E-state index contributed by atoms with van der Waals surface area (Å²) in [6, 6.07) is 17.7. The predicted molar refractivity (Wildman–Crippen MR) is 112 cm³/mol. The number of rotatable bonds is 5. The van der Waals surface area contributed by atoms with Crippen LogP contribution in [0.3, 0.4) is 0 Å². The molecule has 2 amide bonds. The summed E-state index contributed by atoms with van der Waals surface area (Å²) in [7, 11) is 0. The number of nitrogens with one attached hydrogen (secondary N) is 1. The van der Waals surface area contributed by atoms with Crippen molar-refractivity contribution in [2.24, 2.45) is 0 Å². The second kappa shape index (κ2) is 8.67. The van der Waals surface area contributed by atoms with Crippen LogP contribution in [-0.2, 0) is 0 Å². The van der Waals surface area contributed by atoms with E-state index in [1.54, 1.807) is 35.2 Å². The molecule has 0 unspecified atom stereocenters. The fourth-order valence-corrected chi connectivity index (χ4v) is 3.01. The van der Waals surface area contributed by atoms with Crippen LogP contribution in [0.4, 0.5) is 11.4 Å². The topological polar surface area (TPSA) is 62.3 Å². The summed E-state index contributed by atoms with van der Waals surface area (Å²) in [5.41, 5.74) is 2.90. The molecule has 5 nitrogen and oxygen atoms in total. The zero-order valence-electron chi connectivity index (χ0n) is 15.6. The van der Waals surface area contributed by atoms with Crippen LogP contribution in [0.5, 0.6) is 0 Å². The summed E-state index contributed by atoms with van der Waals surface area (Å²) in [4.78, 5) is 31.4. The number of hydrogen-bond acceptors (Lipinski definition) is 3. The molecule has 0 saturated carbocycles. The third kappa shape index (κ3) is 4.38. The van der Waals surface area contributed by atoms with Crippen molar-refractivity contribution in [3.63, 3.8) is 0 Å². The van der Waals surface area contributed by atoms with E-state index >= 15 is 0 Å². The Morgan fingerprint density at radius 2 is 1.86 bits per heavy atom. The molecule has 0 aliphatic heterocycles. The Hall–Kier alpha value is -3.18. The van der Waals surface area contributed by atoms with E-state index in [0.29, 0.717) is 22.8 Å². The fraction of sp³-hybridized carbons (Fsp3) is 0.136. The van der Waals surface area contributed by atoms with Crippen LogP contribution in [0.25, 0.3) is 0 Å². The molecule has 1 heterocycles. The van der Waals surface area contributed by atoms with E-state index in [4.69, 9.17) is 11.6 Å². The largest absolute Gasteiger partial charge is 0.321 e. The van der Waals surface area contributed by atoms with Crippen LogP contribution in [0.15, 0.2) is 66.9 Å². The molecule has 1 aromatic heterocycles. The maximum absolute atomic E-state index is 13.0. The summed E-state index contributed by atoms with van der Waals surface area (Å²) in [5, 5.41) is 3.19. The van der Waals surface area contributed by atoms with Crippen molar-refractivity contribution in [1.29, 1.82) is 0 Å². The van der Waals surface area contributed by atoms with Gasteiger partial charge in [0.15, 0.2) is 0 Å². The molecule has 6 heteroatoms. The normalized spacial score (nSPS) is 10.4. The monoisotopic (exact) mass is 393 g/mol. The summed E-state index contributed by atoms with van der Waals surface area (Å²) in [6.45, 7) is 4.36. The first-order valence-electron chi connectivity index (χ1n) is 8.90. The second-order valence-corrected chi connectivity index (χ2v) is 6.66. The highest BCUT2D eigenvalue weighted by atomic mass is 35.5. The van der Waals surface area contributed by atoms with Crippen LogP contribution >= 0.6 is 11.6 Å². The minimum absolute atomic E-state index is 0.204. The third-order valence-electron chi connectivity index (χ3n) is 4.24. The van der Waals surface area contributed by atoms with Gasteiger partial charge in [0.05, 0.1) is 10.7 Å². The molecule has 142 valence electrons. The number of nitrogens with zero attached hydrogens (tertiary/aromatic N) is 2. The van der Waals surface area contributed by atoms with E-state index in [0.717, 1.165) is 11.3 Å². The lowest BCUT2D eigenvalue weighted by Gasteiger charge is -2.21. The van der Waals surface area contributed by atoms with E-state index in [2.05, 4.69) is 10.3 Å². The van der Waals surface area contributed by atoms with Gasteiger partial charge in [-0.3, -0.25) is 14.6 Å². The van der Waals surface area contributed by atoms with Crippen molar-refractivity contribution < 1.29 is 9.59 Å². The smallest absolute Gasteiger partial charge is 0.276 e. The first kappa shape index (κ1) is 19.6. The molecule has 2 aromatic carbocycles. The molecule has 0 aliphatic rings. The number of para-hydroxylation sites is 1. The number of benzene rings is 2. The van der Waals surface area contributed by atoms with Crippen molar-refractivity contribution in [3.05, 3.63) is 88.7 Å². The van der Waals surface area contributed by atoms with Gasteiger partial charge in [-0.2, -0.15) is 0 Å². The zero-order valence-corrected chi connectivity index (χ0v) is 16.4. The molecule has 28 heavy (non-hydrogen) atoms. The number of pyridine rings is 1. The number of carbonyl (C=O) groups excluding carboxylic acids is 2. The number of aromatic nitrogens is 1. The molecule has 3 aromatic rings. The Kier molecular flexibility index (Phi) is 6.06. The van der Waals surface area contributed by atoms with Crippen molar-refractivity contribution in [1.82, 2.24) is 4.98 Å². The molecular formula is C22H20ClN3O2. The summed E-state index contributed by atoms with van der Waals surface area (Å²) >= 11 is 6.09. The van der Waals surface area contributed by atoms with Gasteiger partial charge < -0.3 is 10.2 Å². The molecular weight excluding hydrogens is 374 g/mol. The highest BCUT2D eigenvalue weighted by molar-refractivity contribution is 6.33. The molecule has 0 atom stereocenters. The Balaban J connectivity index is 1.84. The number of aryl methyl sites for hydroxylation is 1.